The summed E-state index contributed by atoms with van der Waals surface area (Å²) in [5.74, 6) is -1.48. The highest BCUT2D eigenvalue weighted by atomic mass is 35.5. The first-order valence-corrected chi connectivity index (χ1v) is 8.12. The van der Waals surface area contributed by atoms with Gasteiger partial charge in [0, 0.05) is 5.56 Å². The summed E-state index contributed by atoms with van der Waals surface area (Å²) >= 11 is 11.7. The molecule has 0 aliphatic rings. The highest BCUT2D eigenvalue weighted by Crippen LogP contribution is 2.32. The van der Waals surface area contributed by atoms with Crippen LogP contribution >= 0.6 is 23.2 Å². The fraction of sp³-hybridized carbons (Fsp3) is 0.0714. The van der Waals surface area contributed by atoms with Crippen molar-refractivity contribution < 1.29 is 12.8 Å². The molecule has 0 heterocycles. The van der Waals surface area contributed by atoms with Crippen LogP contribution < -0.4 is 0 Å². The maximum atomic E-state index is 14.0. The molecule has 0 aliphatic heterocycles. The van der Waals surface area contributed by atoms with Gasteiger partial charge in [-0.3, -0.25) is 0 Å². The minimum Gasteiger partial charge on any atom is -0.223 e. The van der Waals surface area contributed by atoms with Crippen molar-refractivity contribution in [3.05, 3.63) is 63.4 Å². The average Bonchev–Trinajstić information content (AvgIpc) is 2.40. The van der Waals surface area contributed by atoms with Crippen LogP contribution in [0, 0.1) is 17.1 Å². The fourth-order valence-electron chi connectivity index (χ4n) is 1.83. The molecule has 0 atom stereocenters. The van der Waals surface area contributed by atoms with Gasteiger partial charge >= 0.3 is 0 Å². The first-order chi connectivity index (χ1) is 9.86. The van der Waals surface area contributed by atoms with Gasteiger partial charge in [-0.25, -0.2) is 12.8 Å². The lowest BCUT2D eigenvalue weighted by atomic mass is 10.1. The molecule has 0 fully saturated rings. The van der Waals surface area contributed by atoms with Gasteiger partial charge in [-0.1, -0.05) is 41.4 Å². The van der Waals surface area contributed by atoms with Crippen molar-refractivity contribution in [2.24, 2.45) is 0 Å². The molecule has 3 nitrogen and oxygen atoms in total. The highest BCUT2D eigenvalue weighted by molar-refractivity contribution is 7.90. The Bertz CT molecular complexity index is 824. The van der Waals surface area contributed by atoms with E-state index in [1.54, 1.807) is 6.07 Å². The van der Waals surface area contributed by atoms with Crippen LogP contribution in [-0.2, 0) is 15.6 Å². The Morgan fingerprint density at radius 3 is 2.24 bits per heavy atom. The third-order valence-corrected chi connectivity index (χ3v) is 5.38. The first kappa shape index (κ1) is 15.8. The van der Waals surface area contributed by atoms with Crippen LogP contribution in [0.3, 0.4) is 0 Å². The van der Waals surface area contributed by atoms with Crippen LogP contribution in [0.1, 0.15) is 11.1 Å². The predicted octanol–water partition coefficient (Wildman–Crippen LogP) is 3.98. The zero-order chi connectivity index (χ0) is 15.6. The van der Waals surface area contributed by atoms with Gasteiger partial charge in [0.05, 0.1) is 21.4 Å². The fourth-order valence-corrected chi connectivity index (χ4v) is 4.44. The van der Waals surface area contributed by atoms with Crippen molar-refractivity contribution >= 4 is 33.0 Å². The Labute approximate surface area is 131 Å². The molecule has 0 radical (unpaired) electrons. The summed E-state index contributed by atoms with van der Waals surface area (Å²) in [6, 6.07) is 9.95. The third-order valence-electron chi connectivity index (χ3n) is 2.77. The monoisotopic (exact) mass is 343 g/mol. The summed E-state index contributed by atoms with van der Waals surface area (Å²) in [5, 5.41) is 8.71. The van der Waals surface area contributed by atoms with Crippen LogP contribution in [0.5, 0.6) is 0 Å². The molecule has 0 saturated heterocycles. The second kappa shape index (κ2) is 6.02. The van der Waals surface area contributed by atoms with E-state index in [2.05, 4.69) is 0 Å². The number of benzene rings is 2. The summed E-state index contributed by atoms with van der Waals surface area (Å²) < 4.78 is 38.7. The summed E-state index contributed by atoms with van der Waals surface area (Å²) in [6.07, 6.45) is 0. The minimum absolute atomic E-state index is 0.0284. The molecule has 2 aromatic rings. The van der Waals surface area contributed by atoms with Crippen molar-refractivity contribution in [1.82, 2.24) is 0 Å². The summed E-state index contributed by atoms with van der Waals surface area (Å²) in [4.78, 5) is -0.241. The Kier molecular flexibility index (Phi) is 4.52. The van der Waals surface area contributed by atoms with Crippen molar-refractivity contribution in [3.8, 4) is 6.07 Å². The van der Waals surface area contributed by atoms with Gasteiger partial charge < -0.3 is 0 Å². The molecule has 0 amide bonds. The SMILES string of the molecule is N#Cc1cccc(CS(=O)(=O)c2c(Cl)cccc2Cl)c1F. The van der Waals surface area contributed by atoms with E-state index in [1.807, 2.05) is 0 Å². The lowest BCUT2D eigenvalue weighted by molar-refractivity contribution is 0.586. The summed E-state index contributed by atoms with van der Waals surface area (Å²) in [5.41, 5.74) is -0.321. The van der Waals surface area contributed by atoms with E-state index >= 15 is 0 Å². The smallest absolute Gasteiger partial charge is 0.185 e. The van der Waals surface area contributed by atoms with Crippen LogP contribution in [0.2, 0.25) is 10.0 Å². The van der Waals surface area contributed by atoms with Gasteiger partial charge in [-0.15, -0.1) is 0 Å². The van der Waals surface area contributed by atoms with E-state index in [4.69, 9.17) is 28.5 Å². The number of hydrogen-bond donors (Lipinski definition) is 0. The maximum Gasteiger partial charge on any atom is 0.185 e. The van der Waals surface area contributed by atoms with Crippen molar-refractivity contribution in [1.29, 1.82) is 5.26 Å². The number of hydrogen-bond acceptors (Lipinski definition) is 3. The van der Waals surface area contributed by atoms with Crippen LogP contribution in [0.25, 0.3) is 0 Å². The van der Waals surface area contributed by atoms with Gasteiger partial charge in [0.15, 0.2) is 9.84 Å². The van der Waals surface area contributed by atoms with E-state index in [-0.39, 0.29) is 26.1 Å². The molecule has 0 saturated carbocycles. The van der Waals surface area contributed by atoms with Gasteiger partial charge in [-0.2, -0.15) is 5.26 Å². The molecule has 0 spiro atoms. The lowest BCUT2D eigenvalue weighted by Crippen LogP contribution is -2.08. The molecule has 2 aromatic carbocycles. The van der Waals surface area contributed by atoms with E-state index in [0.29, 0.717) is 0 Å². The molecule has 7 heteroatoms. The molecule has 0 unspecified atom stereocenters. The normalized spacial score (nSPS) is 11.1. The van der Waals surface area contributed by atoms with Gasteiger partial charge in [0.2, 0.25) is 0 Å². The number of rotatable bonds is 3. The Hall–Kier alpha value is -1.61. The second-order valence-electron chi connectivity index (χ2n) is 4.20. The maximum absolute atomic E-state index is 14.0. The van der Waals surface area contributed by atoms with Crippen molar-refractivity contribution in [2.75, 3.05) is 0 Å². The predicted molar refractivity (Wildman–Crippen MR) is 78.5 cm³/mol. The minimum atomic E-state index is -3.94. The highest BCUT2D eigenvalue weighted by Gasteiger charge is 2.24. The van der Waals surface area contributed by atoms with E-state index in [1.165, 1.54) is 36.4 Å². The molecule has 2 rings (SSSR count). The molecule has 21 heavy (non-hydrogen) atoms. The Morgan fingerprint density at radius 2 is 1.67 bits per heavy atom. The summed E-state index contributed by atoms with van der Waals surface area (Å²) in [6.45, 7) is 0. The van der Waals surface area contributed by atoms with Crippen molar-refractivity contribution in [3.63, 3.8) is 0 Å². The Morgan fingerprint density at radius 1 is 1.10 bits per heavy atom. The third kappa shape index (κ3) is 3.18. The van der Waals surface area contributed by atoms with Crippen LogP contribution in [-0.4, -0.2) is 8.42 Å². The molecular weight excluding hydrogens is 336 g/mol. The molecule has 0 N–H and O–H groups in total. The molecule has 108 valence electrons. The molecule has 0 bridgehead atoms. The number of nitriles is 1. The largest absolute Gasteiger partial charge is 0.223 e. The first-order valence-electron chi connectivity index (χ1n) is 5.71. The standard InChI is InChI=1S/C14H8Cl2FNO2S/c15-11-5-2-6-12(16)14(11)21(19,20)8-10-4-1-3-9(7-18)13(10)17/h1-6H,8H2. The zero-order valence-corrected chi connectivity index (χ0v) is 12.8. The number of halogens is 3. The van der Waals surface area contributed by atoms with Gasteiger partial charge in [-0.05, 0) is 18.2 Å². The average molecular weight is 344 g/mol. The molecular formula is C14H8Cl2FNO2S. The topological polar surface area (TPSA) is 57.9 Å². The van der Waals surface area contributed by atoms with Gasteiger partial charge in [0.25, 0.3) is 0 Å². The van der Waals surface area contributed by atoms with Crippen LogP contribution in [0.4, 0.5) is 4.39 Å². The summed E-state index contributed by atoms with van der Waals surface area (Å²) in [7, 11) is -3.94. The van der Waals surface area contributed by atoms with E-state index in [0.717, 1.165) is 0 Å². The van der Waals surface area contributed by atoms with Crippen LogP contribution in [0.15, 0.2) is 41.3 Å². The Balaban J connectivity index is 2.51. The number of nitrogens with zero attached hydrogens (tertiary/aromatic N) is 1. The van der Waals surface area contributed by atoms with E-state index < -0.39 is 21.4 Å². The lowest BCUT2D eigenvalue weighted by Gasteiger charge is -2.09. The van der Waals surface area contributed by atoms with E-state index in [9.17, 15) is 12.8 Å². The molecule has 0 aliphatic carbocycles. The van der Waals surface area contributed by atoms with Crippen molar-refractivity contribution in [2.45, 2.75) is 10.6 Å². The number of sulfone groups is 1. The quantitative estimate of drug-likeness (QED) is 0.846. The van der Waals surface area contributed by atoms with Gasteiger partial charge in [0.1, 0.15) is 16.8 Å². The molecule has 0 aromatic heterocycles. The zero-order valence-electron chi connectivity index (χ0n) is 10.5. The second-order valence-corrected chi connectivity index (χ2v) is 6.94.